The number of aliphatic carboxylic acids is 1. The van der Waals surface area contributed by atoms with Crippen LogP contribution in [0.5, 0.6) is 0 Å². The van der Waals surface area contributed by atoms with Crippen molar-refractivity contribution >= 4 is 79.6 Å². The van der Waals surface area contributed by atoms with Gasteiger partial charge in [-0.1, -0.05) is 0 Å². The summed E-state index contributed by atoms with van der Waals surface area (Å²) in [5, 5.41) is 18.8. The summed E-state index contributed by atoms with van der Waals surface area (Å²) in [4.78, 5) is 25.0. The van der Waals surface area contributed by atoms with Gasteiger partial charge in [0.2, 0.25) is 0 Å². The first kappa shape index (κ1) is 16.7. The minimum Gasteiger partial charge on any atom is -0.480 e. The lowest BCUT2D eigenvalue weighted by Crippen LogP contribution is -2.41. The molecule has 0 saturated carbocycles. The van der Waals surface area contributed by atoms with Gasteiger partial charge in [0.25, 0.3) is 5.91 Å². The van der Waals surface area contributed by atoms with E-state index in [-0.39, 0.29) is 18.9 Å². The third kappa shape index (κ3) is 3.38. The van der Waals surface area contributed by atoms with E-state index < -0.39 is 18.1 Å². The SMILES string of the molecule is O=C(O)C1CC(O)CN1C(=O)c1cc(I)cc(I)c1I. The Balaban J connectivity index is 2.38. The summed E-state index contributed by atoms with van der Waals surface area (Å²) in [6.07, 6.45) is -0.696. The number of carbonyl (C=O) groups is 2. The summed E-state index contributed by atoms with van der Waals surface area (Å²) >= 11 is 6.35. The molecule has 2 atom stereocenters. The Labute approximate surface area is 156 Å². The average molecular weight is 613 g/mol. The van der Waals surface area contributed by atoms with Crippen molar-refractivity contribution in [3.05, 3.63) is 28.4 Å². The van der Waals surface area contributed by atoms with E-state index in [9.17, 15) is 14.7 Å². The number of carboxylic acid groups (broad SMARTS) is 1. The number of benzene rings is 1. The third-order valence-corrected chi connectivity index (χ3v) is 6.72. The molecule has 0 aromatic heterocycles. The number of rotatable bonds is 2. The van der Waals surface area contributed by atoms with Crippen molar-refractivity contribution in [2.75, 3.05) is 6.54 Å². The van der Waals surface area contributed by atoms with Gasteiger partial charge in [0.15, 0.2) is 0 Å². The van der Waals surface area contributed by atoms with Crippen LogP contribution in [0, 0.1) is 10.7 Å². The van der Waals surface area contributed by atoms with Gasteiger partial charge in [0.05, 0.1) is 11.7 Å². The number of hydrogen-bond donors (Lipinski definition) is 2. The summed E-state index contributed by atoms with van der Waals surface area (Å²) in [7, 11) is 0. The van der Waals surface area contributed by atoms with Crippen LogP contribution in [0.1, 0.15) is 16.8 Å². The zero-order valence-corrected chi connectivity index (χ0v) is 16.5. The van der Waals surface area contributed by atoms with Crippen LogP contribution in [0.4, 0.5) is 0 Å². The molecular weight excluding hydrogens is 603 g/mol. The molecule has 1 saturated heterocycles. The monoisotopic (exact) mass is 613 g/mol. The number of aliphatic hydroxyl groups is 1. The standard InChI is InChI=1S/C12H10I3NO4/c13-5-1-7(10(15)8(14)2-5)11(18)16-4-6(17)3-9(16)12(19)20/h1-2,6,9,17H,3-4H2,(H,19,20). The zero-order chi connectivity index (χ0) is 15.0. The molecule has 0 aliphatic carbocycles. The molecule has 1 aromatic rings. The molecule has 1 aliphatic rings. The fourth-order valence-electron chi connectivity index (χ4n) is 2.14. The highest BCUT2D eigenvalue weighted by molar-refractivity contribution is 14.1. The Morgan fingerprint density at radius 2 is 1.90 bits per heavy atom. The number of aliphatic hydroxyl groups excluding tert-OH is 1. The molecule has 108 valence electrons. The average Bonchev–Trinajstić information content (AvgIpc) is 2.75. The largest absolute Gasteiger partial charge is 0.480 e. The first-order valence-electron chi connectivity index (χ1n) is 5.67. The molecule has 1 amide bonds. The Morgan fingerprint density at radius 1 is 1.25 bits per heavy atom. The Bertz CT molecular complexity index is 578. The molecule has 0 radical (unpaired) electrons. The van der Waals surface area contributed by atoms with Gasteiger partial charge in [-0.2, -0.15) is 0 Å². The van der Waals surface area contributed by atoms with Crippen LogP contribution in [-0.2, 0) is 4.79 Å². The number of β-amino-alcohol motifs (C(OH)–C–C–N with tert-alkyl or cyclic N) is 1. The lowest BCUT2D eigenvalue weighted by Gasteiger charge is -2.22. The number of likely N-dealkylation sites (tertiary alicyclic amines) is 1. The number of carbonyl (C=O) groups excluding carboxylic acids is 1. The Morgan fingerprint density at radius 3 is 2.50 bits per heavy atom. The van der Waals surface area contributed by atoms with Crippen LogP contribution < -0.4 is 0 Å². The van der Waals surface area contributed by atoms with Crippen LogP contribution in [0.25, 0.3) is 0 Å². The summed E-state index contributed by atoms with van der Waals surface area (Å²) in [5.41, 5.74) is 0.488. The molecule has 1 fully saturated rings. The zero-order valence-electron chi connectivity index (χ0n) is 10.0. The Kier molecular flexibility index (Phi) is 5.51. The van der Waals surface area contributed by atoms with E-state index in [0.29, 0.717) is 5.56 Å². The molecule has 0 spiro atoms. The van der Waals surface area contributed by atoms with Crippen LogP contribution in [0.2, 0.25) is 0 Å². The van der Waals surface area contributed by atoms with Gasteiger partial charge in [-0.15, -0.1) is 0 Å². The summed E-state index contributed by atoms with van der Waals surface area (Å²) in [6, 6.07) is 2.74. The number of halogens is 3. The van der Waals surface area contributed by atoms with E-state index in [1.807, 2.05) is 6.07 Å². The van der Waals surface area contributed by atoms with E-state index in [4.69, 9.17) is 5.11 Å². The van der Waals surface area contributed by atoms with Crippen LogP contribution in [0.15, 0.2) is 12.1 Å². The van der Waals surface area contributed by atoms with E-state index in [2.05, 4.69) is 67.8 Å². The predicted molar refractivity (Wildman–Crippen MR) is 97.7 cm³/mol. The second-order valence-corrected chi connectivity index (χ2v) is 7.94. The fourth-order valence-corrected chi connectivity index (χ4v) is 4.53. The number of hydrogen-bond acceptors (Lipinski definition) is 3. The molecule has 1 heterocycles. The lowest BCUT2D eigenvalue weighted by molar-refractivity contribution is -0.141. The maximum Gasteiger partial charge on any atom is 0.326 e. The third-order valence-electron chi connectivity index (χ3n) is 3.05. The quantitative estimate of drug-likeness (QED) is 0.397. The highest BCUT2D eigenvalue weighted by Gasteiger charge is 2.39. The van der Waals surface area contributed by atoms with Crippen molar-refractivity contribution in [2.45, 2.75) is 18.6 Å². The summed E-state index contributed by atoms with van der Waals surface area (Å²) in [6.45, 7) is 0.0634. The summed E-state index contributed by atoms with van der Waals surface area (Å²) < 4.78 is 2.67. The maximum absolute atomic E-state index is 12.6. The topological polar surface area (TPSA) is 77.8 Å². The van der Waals surface area contributed by atoms with E-state index in [1.165, 1.54) is 4.90 Å². The molecule has 2 N–H and O–H groups in total. The van der Waals surface area contributed by atoms with E-state index in [1.54, 1.807) is 6.07 Å². The first-order valence-corrected chi connectivity index (χ1v) is 8.91. The minimum absolute atomic E-state index is 0.0634. The second kappa shape index (κ2) is 6.60. The second-order valence-electron chi connectivity index (χ2n) is 4.45. The molecule has 20 heavy (non-hydrogen) atoms. The fraction of sp³-hybridized carbons (Fsp3) is 0.333. The first-order chi connectivity index (χ1) is 9.31. The van der Waals surface area contributed by atoms with Crippen LogP contribution >= 0.6 is 67.8 Å². The normalized spacial score (nSPS) is 22.1. The minimum atomic E-state index is -1.08. The van der Waals surface area contributed by atoms with Crippen molar-refractivity contribution in [3.63, 3.8) is 0 Å². The van der Waals surface area contributed by atoms with Crippen molar-refractivity contribution in [2.24, 2.45) is 0 Å². The van der Waals surface area contributed by atoms with Gasteiger partial charge in [-0.05, 0) is 79.9 Å². The van der Waals surface area contributed by atoms with E-state index >= 15 is 0 Å². The molecular formula is C12H10I3NO4. The van der Waals surface area contributed by atoms with Crippen molar-refractivity contribution in [3.8, 4) is 0 Å². The van der Waals surface area contributed by atoms with Crippen molar-refractivity contribution in [1.29, 1.82) is 0 Å². The van der Waals surface area contributed by atoms with Gasteiger partial charge in [-0.3, -0.25) is 4.79 Å². The molecule has 5 nitrogen and oxygen atoms in total. The number of amides is 1. The molecule has 2 rings (SSSR count). The Hall–Kier alpha value is 0.310. The highest BCUT2D eigenvalue weighted by atomic mass is 127. The van der Waals surface area contributed by atoms with Gasteiger partial charge >= 0.3 is 5.97 Å². The highest BCUT2D eigenvalue weighted by Crippen LogP contribution is 2.27. The number of carboxylic acids is 1. The van der Waals surface area contributed by atoms with Gasteiger partial charge in [-0.25, -0.2) is 4.79 Å². The molecule has 0 bridgehead atoms. The molecule has 1 aliphatic heterocycles. The molecule has 2 unspecified atom stereocenters. The molecule has 1 aromatic carbocycles. The predicted octanol–water partition coefficient (Wildman–Crippen LogP) is 2.16. The smallest absolute Gasteiger partial charge is 0.326 e. The number of nitrogens with zero attached hydrogens (tertiary/aromatic N) is 1. The molecule has 8 heteroatoms. The van der Waals surface area contributed by atoms with Gasteiger partial charge in [0.1, 0.15) is 6.04 Å². The van der Waals surface area contributed by atoms with Crippen molar-refractivity contribution in [1.82, 2.24) is 4.90 Å². The van der Waals surface area contributed by atoms with Crippen LogP contribution in [-0.4, -0.2) is 45.7 Å². The van der Waals surface area contributed by atoms with Gasteiger partial charge < -0.3 is 15.1 Å². The van der Waals surface area contributed by atoms with Gasteiger partial charge in [0, 0.05) is 23.7 Å². The van der Waals surface area contributed by atoms with E-state index in [0.717, 1.165) is 10.7 Å². The maximum atomic E-state index is 12.6. The summed E-state index contributed by atoms with van der Waals surface area (Å²) in [5.74, 6) is -1.42. The van der Waals surface area contributed by atoms with Crippen molar-refractivity contribution < 1.29 is 19.8 Å². The van der Waals surface area contributed by atoms with Crippen LogP contribution in [0.3, 0.4) is 0 Å². The lowest BCUT2D eigenvalue weighted by atomic mass is 10.1.